The van der Waals surface area contributed by atoms with E-state index in [9.17, 15) is 8.42 Å². The van der Waals surface area contributed by atoms with Crippen LogP contribution < -0.4 is 0 Å². The third kappa shape index (κ3) is 4.73. The molecule has 1 saturated heterocycles. The number of imidazole rings is 1. The number of piperazine rings is 1. The first-order valence-electron chi connectivity index (χ1n) is 11.1. The lowest BCUT2D eigenvalue weighted by atomic mass is 10.2. The number of benzene rings is 1. The Labute approximate surface area is 189 Å². The highest BCUT2D eigenvalue weighted by Crippen LogP contribution is 2.23. The summed E-state index contributed by atoms with van der Waals surface area (Å²) in [5.74, 6) is 1.83. The molecule has 1 fully saturated rings. The van der Waals surface area contributed by atoms with Crippen molar-refractivity contribution in [1.29, 1.82) is 0 Å². The van der Waals surface area contributed by atoms with Gasteiger partial charge in [-0.3, -0.25) is 9.80 Å². The molecule has 4 rings (SSSR count). The molecule has 0 spiro atoms. The van der Waals surface area contributed by atoms with Crippen LogP contribution in [0.4, 0.5) is 0 Å². The lowest BCUT2D eigenvalue weighted by Crippen LogP contribution is -2.45. The van der Waals surface area contributed by atoms with E-state index in [-0.39, 0.29) is 4.90 Å². The molecule has 32 heavy (non-hydrogen) atoms. The van der Waals surface area contributed by atoms with E-state index in [2.05, 4.69) is 26.4 Å². The van der Waals surface area contributed by atoms with Crippen LogP contribution in [0.2, 0.25) is 0 Å². The summed E-state index contributed by atoms with van der Waals surface area (Å²) in [5.41, 5.74) is 2.69. The Morgan fingerprint density at radius 2 is 1.75 bits per heavy atom. The number of rotatable bonds is 8. The summed E-state index contributed by atoms with van der Waals surface area (Å²) in [5, 5.41) is 4.10. The molecule has 2 aromatic heterocycles. The SMILES string of the molecule is CCCn1c(CN2CCN(Cc3cc(C)on3)CC2)nc2cc(S(=O)(=O)N(C)C)ccc21. The van der Waals surface area contributed by atoms with E-state index in [4.69, 9.17) is 9.51 Å². The predicted molar refractivity (Wildman–Crippen MR) is 123 cm³/mol. The maximum atomic E-state index is 12.5. The van der Waals surface area contributed by atoms with Gasteiger partial charge in [0, 0.05) is 59.4 Å². The third-order valence-corrected chi connectivity index (χ3v) is 7.73. The van der Waals surface area contributed by atoms with Gasteiger partial charge in [0.25, 0.3) is 0 Å². The fraction of sp³-hybridized carbons (Fsp3) is 0.545. The molecular formula is C22H32N6O3S. The van der Waals surface area contributed by atoms with Crippen molar-refractivity contribution in [2.75, 3.05) is 40.3 Å². The van der Waals surface area contributed by atoms with Crippen molar-refractivity contribution < 1.29 is 12.9 Å². The quantitative estimate of drug-likeness (QED) is 0.510. The summed E-state index contributed by atoms with van der Waals surface area (Å²) in [4.78, 5) is 9.93. The van der Waals surface area contributed by atoms with E-state index >= 15 is 0 Å². The zero-order valence-electron chi connectivity index (χ0n) is 19.3. The van der Waals surface area contributed by atoms with Gasteiger partial charge in [-0.15, -0.1) is 0 Å². The Balaban J connectivity index is 1.49. The molecule has 10 heteroatoms. The van der Waals surface area contributed by atoms with Crippen molar-refractivity contribution in [1.82, 2.24) is 28.8 Å². The van der Waals surface area contributed by atoms with Gasteiger partial charge in [0.05, 0.1) is 28.2 Å². The first kappa shape index (κ1) is 22.9. The Kier molecular flexibility index (Phi) is 6.66. The largest absolute Gasteiger partial charge is 0.361 e. The van der Waals surface area contributed by atoms with E-state index in [1.54, 1.807) is 26.2 Å². The van der Waals surface area contributed by atoms with Gasteiger partial charge in [-0.2, -0.15) is 0 Å². The molecule has 174 valence electrons. The van der Waals surface area contributed by atoms with Crippen molar-refractivity contribution in [2.45, 2.75) is 44.8 Å². The molecule has 0 unspecified atom stereocenters. The zero-order chi connectivity index (χ0) is 22.9. The first-order chi connectivity index (χ1) is 15.3. The monoisotopic (exact) mass is 460 g/mol. The molecular weight excluding hydrogens is 428 g/mol. The number of sulfonamides is 1. The van der Waals surface area contributed by atoms with Gasteiger partial charge < -0.3 is 9.09 Å². The molecule has 0 saturated carbocycles. The van der Waals surface area contributed by atoms with Crippen LogP contribution in [0.3, 0.4) is 0 Å². The molecule has 0 radical (unpaired) electrons. The number of aromatic nitrogens is 3. The Bertz CT molecular complexity index is 1180. The maximum Gasteiger partial charge on any atom is 0.242 e. The van der Waals surface area contributed by atoms with E-state index < -0.39 is 10.0 Å². The summed E-state index contributed by atoms with van der Waals surface area (Å²) >= 11 is 0. The minimum Gasteiger partial charge on any atom is -0.361 e. The fourth-order valence-corrected chi connectivity index (χ4v) is 5.07. The smallest absolute Gasteiger partial charge is 0.242 e. The second-order valence-electron chi connectivity index (χ2n) is 8.60. The molecule has 0 amide bonds. The van der Waals surface area contributed by atoms with E-state index in [0.29, 0.717) is 0 Å². The number of hydrogen-bond donors (Lipinski definition) is 0. The standard InChI is InChI=1S/C22H32N6O3S/c1-5-8-28-21-7-6-19(32(29,30)25(3)4)14-20(21)23-22(28)16-27-11-9-26(10-12-27)15-18-13-17(2)31-24-18/h6-7,13-14H,5,8-12,15-16H2,1-4H3. The van der Waals surface area contributed by atoms with Crippen molar-refractivity contribution >= 4 is 21.1 Å². The maximum absolute atomic E-state index is 12.5. The molecule has 1 aliphatic heterocycles. The Hall–Kier alpha value is -2.27. The second-order valence-corrected chi connectivity index (χ2v) is 10.8. The second kappa shape index (κ2) is 9.30. The number of aryl methyl sites for hydroxylation is 2. The number of hydrogen-bond acceptors (Lipinski definition) is 7. The molecule has 3 aromatic rings. The minimum absolute atomic E-state index is 0.277. The van der Waals surface area contributed by atoms with Crippen LogP contribution in [0, 0.1) is 6.92 Å². The molecule has 0 N–H and O–H groups in total. The van der Waals surface area contributed by atoms with Gasteiger partial charge >= 0.3 is 0 Å². The van der Waals surface area contributed by atoms with Crippen LogP contribution in [0.25, 0.3) is 11.0 Å². The van der Waals surface area contributed by atoms with Gasteiger partial charge in [0.1, 0.15) is 11.6 Å². The fourth-order valence-electron chi connectivity index (χ4n) is 4.15. The molecule has 3 heterocycles. The van der Waals surface area contributed by atoms with Crippen molar-refractivity contribution in [3.8, 4) is 0 Å². The highest BCUT2D eigenvalue weighted by atomic mass is 32.2. The molecule has 0 aliphatic carbocycles. The summed E-state index contributed by atoms with van der Waals surface area (Å²) < 4.78 is 33.7. The molecule has 0 atom stereocenters. The van der Waals surface area contributed by atoms with Gasteiger partial charge in [0.15, 0.2) is 0 Å². The van der Waals surface area contributed by atoms with Crippen LogP contribution in [0.1, 0.15) is 30.6 Å². The van der Waals surface area contributed by atoms with Gasteiger partial charge in [-0.05, 0) is 31.5 Å². The van der Waals surface area contributed by atoms with Crippen molar-refractivity contribution in [3.05, 3.63) is 41.5 Å². The molecule has 0 bridgehead atoms. The topological polar surface area (TPSA) is 87.7 Å². The van der Waals surface area contributed by atoms with Crippen LogP contribution in [-0.2, 0) is 29.7 Å². The summed E-state index contributed by atoms with van der Waals surface area (Å²) in [6.45, 7) is 10.3. The molecule has 9 nitrogen and oxygen atoms in total. The highest BCUT2D eigenvalue weighted by molar-refractivity contribution is 7.89. The Morgan fingerprint density at radius 1 is 1.06 bits per heavy atom. The first-order valence-corrected chi connectivity index (χ1v) is 12.5. The summed E-state index contributed by atoms with van der Waals surface area (Å²) in [6, 6.07) is 7.25. The predicted octanol–water partition coefficient (Wildman–Crippen LogP) is 2.31. The van der Waals surface area contributed by atoms with Crippen LogP contribution >= 0.6 is 0 Å². The number of fused-ring (bicyclic) bond motifs is 1. The molecule has 1 aromatic carbocycles. The average Bonchev–Trinajstić information content (AvgIpc) is 3.32. The van der Waals surface area contributed by atoms with Crippen LogP contribution in [0.5, 0.6) is 0 Å². The normalized spacial score (nSPS) is 16.4. The van der Waals surface area contributed by atoms with E-state index in [1.807, 2.05) is 19.1 Å². The third-order valence-electron chi connectivity index (χ3n) is 5.92. The van der Waals surface area contributed by atoms with Gasteiger partial charge in [-0.1, -0.05) is 12.1 Å². The summed E-state index contributed by atoms with van der Waals surface area (Å²) in [6.07, 6.45) is 0.987. The van der Waals surface area contributed by atoms with E-state index in [1.165, 1.54) is 4.31 Å². The van der Waals surface area contributed by atoms with Gasteiger partial charge in [0.2, 0.25) is 10.0 Å². The lowest BCUT2D eigenvalue weighted by Gasteiger charge is -2.34. The Morgan fingerprint density at radius 3 is 2.34 bits per heavy atom. The van der Waals surface area contributed by atoms with Crippen molar-refractivity contribution in [3.63, 3.8) is 0 Å². The van der Waals surface area contributed by atoms with Gasteiger partial charge in [-0.25, -0.2) is 17.7 Å². The summed E-state index contributed by atoms with van der Waals surface area (Å²) in [7, 11) is -0.394. The van der Waals surface area contributed by atoms with Crippen LogP contribution in [-0.4, -0.2) is 77.5 Å². The minimum atomic E-state index is -3.49. The number of nitrogens with zero attached hydrogens (tertiary/aromatic N) is 6. The van der Waals surface area contributed by atoms with Crippen LogP contribution in [0.15, 0.2) is 33.7 Å². The van der Waals surface area contributed by atoms with E-state index in [0.717, 1.165) is 80.5 Å². The highest BCUT2D eigenvalue weighted by Gasteiger charge is 2.22. The molecule has 1 aliphatic rings. The average molecular weight is 461 g/mol. The lowest BCUT2D eigenvalue weighted by molar-refractivity contribution is 0.117. The van der Waals surface area contributed by atoms with Crippen molar-refractivity contribution in [2.24, 2.45) is 0 Å². The zero-order valence-corrected chi connectivity index (χ0v) is 20.1.